The molecule has 4 aliphatic rings. The normalized spacial score (nSPS) is 43.8. The Bertz CT molecular complexity index is 1220. The number of allylic oxidation sites excluding steroid dienone is 6. The van der Waals surface area contributed by atoms with Gasteiger partial charge < -0.3 is 60.1 Å². The van der Waals surface area contributed by atoms with Gasteiger partial charge in [0.05, 0.1) is 48.8 Å². The Labute approximate surface area is 273 Å². The van der Waals surface area contributed by atoms with Crippen LogP contribution in [0.4, 0.5) is 0 Å². The number of aliphatic hydroxyl groups is 5. The number of hydrogen-bond acceptors (Lipinski definition) is 13. The van der Waals surface area contributed by atoms with Gasteiger partial charge in [-0.15, -0.1) is 0 Å². The maximum atomic E-state index is 12.3. The van der Waals surface area contributed by atoms with Gasteiger partial charge in [0.15, 0.2) is 12.1 Å². The summed E-state index contributed by atoms with van der Waals surface area (Å²) in [6.07, 6.45) is 5.25. The van der Waals surface area contributed by atoms with Gasteiger partial charge in [0.2, 0.25) is 0 Å². The molecule has 14 nitrogen and oxygen atoms in total. The van der Waals surface area contributed by atoms with Crippen LogP contribution in [0.2, 0.25) is 0 Å². The highest BCUT2D eigenvalue weighted by atomic mass is 16.7. The summed E-state index contributed by atoms with van der Waals surface area (Å²) in [5.74, 6) is -5.45. The molecule has 262 valence electrons. The van der Waals surface area contributed by atoms with Gasteiger partial charge in [-0.2, -0.15) is 0 Å². The lowest BCUT2D eigenvalue weighted by Gasteiger charge is -2.45. The molecule has 0 aliphatic carbocycles. The van der Waals surface area contributed by atoms with Crippen LogP contribution in [0.15, 0.2) is 60.8 Å². The van der Waals surface area contributed by atoms with Gasteiger partial charge in [-0.1, -0.05) is 48.6 Å². The number of hydrogen-bond donors (Lipinski definition) is 7. The van der Waals surface area contributed by atoms with Crippen LogP contribution in [-0.4, -0.2) is 122 Å². The maximum Gasteiger partial charge on any atom is 0.330 e. The quantitative estimate of drug-likeness (QED) is 0.157. The first-order valence-electron chi connectivity index (χ1n) is 15.9. The number of carbonyl (C=O) groups excluding carboxylic acids is 1. The molecule has 1 unspecified atom stereocenters. The van der Waals surface area contributed by atoms with Gasteiger partial charge in [-0.3, -0.25) is 4.79 Å². The van der Waals surface area contributed by atoms with Gasteiger partial charge in [0, 0.05) is 38.2 Å². The van der Waals surface area contributed by atoms with Crippen molar-refractivity contribution in [3.63, 3.8) is 0 Å². The van der Waals surface area contributed by atoms with E-state index in [1.807, 2.05) is 6.08 Å². The fourth-order valence-corrected chi connectivity index (χ4v) is 6.00. The van der Waals surface area contributed by atoms with Crippen molar-refractivity contribution in [1.82, 2.24) is 0 Å². The van der Waals surface area contributed by atoms with Crippen molar-refractivity contribution in [2.45, 2.75) is 125 Å². The lowest BCUT2D eigenvalue weighted by atomic mass is 9.83. The average molecular weight is 666 g/mol. The number of epoxide rings is 1. The number of cyclic esters (lactones) is 1. The lowest BCUT2D eigenvalue weighted by Crippen LogP contribution is -2.61. The summed E-state index contributed by atoms with van der Waals surface area (Å²) in [5.41, 5.74) is 5.98. The third kappa shape index (κ3) is 10.6. The predicted molar refractivity (Wildman–Crippen MR) is 165 cm³/mol. The van der Waals surface area contributed by atoms with E-state index in [1.54, 1.807) is 56.4 Å². The smallest absolute Gasteiger partial charge is 0.330 e. The van der Waals surface area contributed by atoms with Gasteiger partial charge >= 0.3 is 11.9 Å². The minimum absolute atomic E-state index is 0.0789. The second-order valence-corrected chi connectivity index (χ2v) is 12.6. The summed E-state index contributed by atoms with van der Waals surface area (Å²) >= 11 is 0. The van der Waals surface area contributed by atoms with E-state index in [4.69, 9.17) is 29.4 Å². The van der Waals surface area contributed by atoms with Crippen molar-refractivity contribution >= 4 is 11.9 Å². The summed E-state index contributed by atoms with van der Waals surface area (Å²) in [6.45, 7) is 3.34. The molecule has 3 fully saturated rings. The Kier molecular flexibility index (Phi) is 13.1. The lowest BCUT2D eigenvalue weighted by molar-refractivity contribution is -0.308. The van der Waals surface area contributed by atoms with Gasteiger partial charge in [0.25, 0.3) is 0 Å². The molecule has 14 heteroatoms. The Balaban J connectivity index is 1.58. The minimum atomic E-state index is -2.10. The number of nitrogens with two attached hydrogens (primary N) is 1. The fraction of sp³-hybridized carbons (Fsp3) is 0.636. The van der Waals surface area contributed by atoms with E-state index in [9.17, 15) is 40.2 Å². The Morgan fingerprint density at radius 1 is 0.936 bits per heavy atom. The molecule has 4 heterocycles. The zero-order chi connectivity index (χ0) is 34.3. The standard InChI is InChI=1S/C33H47NO13/c1-18-10-8-6-4-3-5-7-9-11-21(45-32-30(39)28(34)29(38)19(2)44-32)15-25-27(31(40)41)22(36)17-33(42,47-25)16-20(35)14-24-23(46-24)12-13-26(37)43-18/h3-9,11-13,18-25,27-30,32,35-36,38-39,42H,10,14-17,34H2,1-2H3,(H,40,41)/t18-,19-,20+,21+,22+,23-,24-,25+,27-,28+,29?,30+,32+,33-/m1/s1. The van der Waals surface area contributed by atoms with Gasteiger partial charge in [-0.25, -0.2) is 4.79 Å². The molecule has 0 amide bonds. The Hall–Kier alpha value is -2.76. The molecule has 8 N–H and O–H groups in total. The van der Waals surface area contributed by atoms with E-state index in [-0.39, 0.29) is 25.4 Å². The molecule has 0 spiro atoms. The van der Waals surface area contributed by atoms with E-state index < -0.39 is 97.3 Å². The van der Waals surface area contributed by atoms with E-state index in [0.29, 0.717) is 6.42 Å². The molecule has 4 aliphatic heterocycles. The third-order valence-electron chi connectivity index (χ3n) is 8.58. The molecule has 0 radical (unpaired) electrons. The summed E-state index contributed by atoms with van der Waals surface area (Å²) < 4.78 is 28.5. The number of carboxylic acids is 1. The van der Waals surface area contributed by atoms with Crippen LogP contribution in [-0.2, 0) is 33.3 Å². The van der Waals surface area contributed by atoms with Gasteiger partial charge in [0.1, 0.15) is 24.2 Å². The monoisotopic (exact) mass is 665 g/mol. The van der Waals surface area contributed by atoms with Crippen molar-refractivity contribution in [2.75, 3.05) is 0 Å². The largest absolute Gasteiger partial charge is 0.481 e. The van der Waals surface area contributed by atoms with E-state index in [0.717, 1.165) is 0 Å². The highest BCUT2D eigenvalue weighted by Crippen LogP contribution is 2.39. The first kappa shape index (κ1) is 37.1. The van der Waals surface area contributed by atoms with E-state index in [1.165, 1.54) is 12.2 Å². The molecule has 4 rings (SSSR count). The third-order valence-corrected chi connectivity index (χ3v) is 8.58. The van der Waals surface area contributed by atoms with E-state index in [2.05, 4.69) is 0 Å². The van der Waals surface area contributed by atoms with Gasteiger partial charge in [-0.05, 0) is 19.9 Å². The van der Waals surface area contributed by atoms with Crippen molar-refractivity contribution in [1.29, 1.82) is 0 Å². The van der Waals surface area contributed by atoms with Crippen LogP contribution in [0.3, 0.4) is 0 Å². The number of aliphatic hydroxyl groups excluding tert-OH is 4. The molecule has 0 aromatic carbocycles. The predicted octanol–water partition coefficient (Wildman–Crippen LogP) is 0.120. The van der Waals surface area contributed by atoms with Crippen LogP contribution in [0.5, 0.6) is 0 Å². The molecule has 47 heavy (non-hydrogen) atoms. The molecule has 2 bridgehead atoms. The maximum absolute atomic E-state index is 12.3. The van der Waals surface area contributed by atoms with Crippen molar-refractivity contribution in [3.8, 4) is 0 Å². The van der Waals surface area contributed by atoms with Crippen LogP contribution >= 0.6 is 0 Å². The molecule has 3 saturated heterocycles. The molecule has 0 aromatic heterocycles. The number of rotatable bonds is 3. The highest BCUT2D eigenvalue weighted by molar-refractivity contribution is 5.82. The number of carbonyl (C=O) groups is 2. The second kappa shape index (κ2) is 16.6. The summed E-state index contributed by atoms with van der Waals surface area (Å²) in [7, 11) is 0. The van der Waals surface area contributed by atoms with Crippen molar-refractivity contribution in [2.24, 2.45) is 11.7 Å². The first-order chi connectivity index (χ1) is 22.3. The number of ether oxygens (including phenoxy) is 5. The van der Waals surface area contributed by atoms with Crippen LogP contribution in [0.25, 0.3) is 0 Å². The van der Waals surface area contributed by atoms with E-state index >= 15 is 0 Å². The van der Waals surface area contributed by atoms with Crippen molar-refractivity contribution < 1.29 is 63.9 Å². The fourth-order valence-electron chi connectivity index (χ4n) is 6.00. The highest BCUT2D eigenvalue weighted by Gasteiger charge is 2.51. The Morgan fingerprint density at radius 3 is 2.36 bits per heavy atom. The van der Waals surface area contributed by atoms with Crippen LogP contribution in [0, 0.1) is 5.92 Å². The number of fused-ring (bicyclic) bond motifs is 3. The second-order valence-electron chi connectivity index (χ2n) is 12.6. The van der Waals surface area contributed by atoms with Crippen molar-refractivity contribution in [3.05, 3.63) is 60.8 Å². The Morgan fingerprint density at radius 2 is 1.64 bits per heavy atom. The summed E-state index contributed by atoms with van der Waals surface area (Å²) in [5, 5.41) is 63.9. The summed E-state index contributed by atoms with van der Waals surface area (Å²) in [4.78, 5) is 24.4. The first-order valence-corrected chi connectivity index (χ1v) is 15.9. The molecule has 0 aromatic rings. The average Bonchev–Trinajstić information content (AvgIpc) is 3.72. The topological polar surface area (TPSA) is 231 Å². The minimum Gasteiger partial charge on any atom is -0.481 e. The van der Waals surface area contributed by atoms with Crippen LogP contribution < -0.4 is 5.73 Å². The number of aliphatic carboxylic acids is 1. The number of esters is 1. The zero-order valence-electron chi connectivity index (χ0n) is 26.4. The zero-order valence-corrected chi connectivity index (χ0v) is 26.4. The SMILES string of the molecule is C[C@@H]1CC=CC=CC=CC=C[C@H](O[C@@H]2O[C@H](C)C(O)[C@H](N)[C@@H]2O)C[C@@H]2O[C@](O)(C[C@@H](O)C[C@H]3O[C@@H]3C=CC(=O)O1)C[C@H](O)[C@H]2C(=O)O. The molecule has 14 atom stereocenters. The molecule has 0 saturated carbocycles. The molecular formula is C33H47NO13. The van der Waals surface area contributed by atoms with Crippen LogP contribution in [0.1, 0.15) is 46.0 Å². The summed E-state index contributed by atoms with van der Waals surface area (Å²) in [6, 6.07) is -1.08. The molecular weight excluding hydrogens is 618 g/mol. The number of carboxylic acid groups (broad SMARTS) is 1.